The number of nitrogens with zero attached hydrogens (tertiary/aromatic N) is 2. The van der Waals surface area contributed by atoms with Gasteiger partial charge in [-0.3, -0.25) is 14.2 Å². The Morgan fingerprint density at radius 3 is 2.09 bits per heavy atom. The van der Waals surface area contributed by atoms with Gasteiger partial charge in [0.2, 0.25) is 5.78 Å². The predicted octanol–water partition coefficient (Wildman–Crippen LogP) is 5.67. The van der Waals surface area contributed by atoms with E-state index in [0.29, 0.717) is 28.0 Å². The summed E-state index contributed by atoms with van der Waals surface area (Å²) in [4.78, 5) is 31.3. The lowest BCUT2D eigenvalue weighted by Crippen LogP contribution is -2.17. The zero-order valence-electron chi connectivity index (χ0n) is 18.0. The van der Waals surface area contributed by atoms with Gasteiger partial charge in [-0.25, -0.2) is 4.98 Å². The van der Waals surface area contributed by atoms with E-state index in [9.17, 15) is 9.59 Å². The Hall–Kier alpha value is -4.51. The van der Waals surface area contributed by atoms with Gasteiger partial charge in [0.25, 0.3) is 0 Å². The van der Waals surface area contributed by atoms with E-state index in [1.807, 2.05) is 84.3 Å². The standard InChI is InChI=1S/C28H21N3O2/c1-19-17-23-26(27(29-19)28(33)20-11-5-2-6-12-20)24(32)18-25(30-21-13-7-3-8-14-21)31(23)22-15-9-4-10-16-22/h2-18,30H,1H3. The van der Waals surface area contributed by atoms with Crippen molar-refractivity contribution in [3.63, 3.8) is 0 Å². The summed E-state index contributed by atoms with van der Waals surface area (Å²) in [7, 11) is 0. The Morgan fingerprint density at radius 2 is 1.42 bits per heavy atom. The normalized spacial score (nSPS) is 10.8. The molecule has 0 bridgehead atoms. The van der Waals surface area contributed by atoms with E-state index >= 15 is 0 Å². The second-order valence-corrected chi connectivity index (χ2v) is 7.76. The number of carbonyl (C=O) groups is 1. The molecule has 0 aliphatic rings. The van der Waals surface area contributed by atoms with Crippen LogP contribution in [-0.2, 0) is 0 Å². The van der Waals surface area contributed by atoms with Crippen LogP contribution in [-0.4, -0.2) is 15.3 Å². The average Bonchev–Trinajstić information content (AvgIpc) is 2.85. The molecule has 0 saturated carbocycles. The lowest BCUT2D eigenvalue weighted by molar-refractivity contribution is 0.103. The molecule has 3 aromatic carbocycles. The summed E-state index contributed by atoms with van der Waals surface area (Å²) in [6, 6.07) is 31.7. The van der Waals surface area contributed by atoms with Crippen LogP contribution in [0.2, 0.25) is 0 Å². The van der Waals surface area contributed by atoms with Crippen LogP contribution in [0.4, 0.5) is 11.5 Å². The van der Waals surface area contributed by atoms with Crippen LogP contribution in [0.25, 0.3) is 16.6 Å². The molecular formula is C28H21N3O2. The predicted molar refractivity (Wildman–Crippen MR) is 132 cm³/mol. The van der Waals surface area contributed by atoms with E-state index in [1.54, 1.807) is 24.3 Å². The summed E-state index contributed by atoms with van der Waals surface area (Å²) in [5.74, 6) is 0.332. The third kappa shape index (κ3) is 3.92. The van der Waals surface area contributed by atoms with Crippen molar-refractivity contribution in [1.82, 2.24) is 9.55 Å². The third-order valence-corrected chi connectivity index (χ3v) is 5.43. The van der Waals surface area contributed by atoms with E-state index in [2.05, 4.69) is 10.3 Å². The van der Waals surface area contributed by atoms with Crippen molar-refractivity contribution in [2.45, 2.75) is 6.92 Å². The van der Waals surface area contributed by atoms with Gasteiger partial charge in [0.05, 0.1) is 10.9 Å². The van der Waals surface area contributed by atoms with Crippen LogP contribution in [0.5, 0.6) is 0 Å². The minimum Gasteiger partial charge on any atom is -0.341 e. The van der Waals surface area contributed by atoms with E-state index in [1.165, 1.54) is 6.07 Å². The highest BCUT2D eigenvalue weighted by Crippen LogP contribution is 2.27. The minimum atomic E-state index is -0.273. The number of aryl methyl sites for hydroxylation is 1. The molecule has 5 heteroatoms. The number of carbonyl (C=O) groups excluding carboxylic acids is 1. The lowest BCUT2D eigenvalue weighted by Gasteiger charge is -2.19. The molecule has 1 N–H and O–H groups in total. The molecule has 0 unspecified atom stereocenters. The molecule has 0 aliphatic heterocycles. The second-order valence-electron chi connectivity index (χ2n) is 7.76. The fraction of sp³-hybridized carbons (Fsp3) is 0.0357. The van der Waals surface area contributed by atoms with Crippen LogP contribution in [0.15, 0.2) is 108 Å². The van der Waals surface area contributed by atoms with Gasteiger partial charge in [0.1, 0.15) is 11.5 Å². The van der Waals surface area contributed by atoms with Crippen LogP contribution in [0, 0.1) is 6.92 Å². The number of hydrogen-bond donors (Lipinski definition) is 1. The van der Waals surface area contributed by atoms with Crippen molar-refractivity contribution in [3.8, 4) is 5.69 Å². The van der Waals surface area contributed by atoms with Gasteiger partial charge >= 0.3 is 0 Å². The van der Waals surface area contributed by atoms with Crippen LogP contribution in [0.3, 0.4) is 0 Å². The maximum absolute atomic E-state index is 13.4. The highest BCUT2D eigenvalue weighted by molar-refractivity contribution is 6.14. The highest BCUT2D eigenvalue weighted by atomic mass is 16.1. The zero-order chi connectivity index (χ0) is 22.8. The Morgan fingerprint density at radius 1 is 0.818 bits per heavy atom. The maximum atomic E-state index is 13.4. The molecule has 0 amide bonds. The molecule has 5 aromatic rings. The molecular weight excluding hydrogens is 410 g/mol. The fourth-order valence-electron chi connectivity index (χ4n) is 3.97. The average molecular weight is 431 g/mol. The number of anilines is 2. The molecule has 33 heavy (non-hydrogen) atoms. The number of pyridine rings is 2. The van der Waals surface area contributed by atoms with Gasteiger partial charge < -0.3 is 5.32 Å². The van der Waals surface area contributed by atoms with Crippen molar-refractivity contribution >= 4 is 28.2 Å². The molecule has 5 nitrogen and oxygen atoms in total. The Balaban J connectivity index is 1.82. The summed E-state index contributed by atoms with van der Waals surface area (Å²) < 4.78 is 1.96. The summed E-state index contributed by atoms with van der Waals surface area (Å²) in [5.41, 5.74) is 3.40. The number of ketones is 1. The van der Waals surface area contributed by atoms with Crippen molar-refractivity contribution in [3.05, 3.63) is 130 Å². The monoisotopic (exact) mass is 431 g/mol. The smallest absolute Gasteiger partial charge is 0.212 e. The molecule has 0 aliphatic carbocycles. The first-order valence-electron chi connectivity index (χ1n) is 10.7. The molecule has 0 atom stereocenters. The van der Waals surface area contributed by atoms with Gasteiger partial charge in [-0.1, -0.05) is 66.7 Å². The minimum absolute atomic E-state index is 0.164. The summed E-state index contributed by atoms with van der Waals surface area (Å²) in [5, 5.41) is 3.66. The third-order valence-electron chi connectivity index (χ3n) is 5.43. The number of fused-ring (bicyclic) bond motifs is 1. The second kappa shape index (κ2) is 8.55. The van der Waals surface area contributed by atoms with Gasteiger partial charge in [-0.05, 0) is 37.3 Å². The molecule has 2 heterocycles. The first-order chi connectivity index (χ1) is 16.1. The van der Waals surface area contributed by atoms with E-state index in [4.69, 9.17) is 0 Å². The number of hydrogen-bond acceptors (Lipinski definition) is 4. The maximum Gasteiger partial charge on any atom is 0.212 e. The Labute approximate surface area is 191 Å². The number of rotatable bonds is 5. The van der Waals surface area contributed by atoms with E-state index in [-0.39, 0.29) is 16.9 Å². The van der Waals surface area contributed by atoms with Crippen LogP contribution in [0.1, 0.15) is 21.7 Å². The van der Waals surface area contributed by atoms with Crippen molar-refractivity contribution in [2.24, 2.45) is 0 Å². The Kier molecular flexibility index (Phi) is 5.29. The van der Waals surface area contributed by atoms with Crippen molar-refractivity contribution in [2.75, 3.05) is 5.32 Å². The van der Waals surface area contributed by atoms with Crippen molar-refractivity contribution in [1.29, 1.82) is 0 Å². The van der Waals surface area contributed by atoms with E-state index in [0.717, 1.165) is 11.4 Å². The Bertz CT molecular complexity index is 1510. The summed E-state index contributed by atoms with van der Waals surface area (Å²) in [6.45, 7) is 1.83. The quantitative estimate of drug-likeness (QED) is 0.364. The number of nitrogens with one attached hydrogen (secondary N) is 1. The van der Waals surface area contributed by atoms with Gasteiger partial charge in [-0.2, -0.15) is 0 Å². The van der Waals surface area contributed by atoms with Crippen molar-refractivity contribution < 1.29 is 4.79 Å². The number of benzene rings is 3. The molecule has 5 rings (SSSR count). The number of aromatic nitrogens is 2. The zero-order valence-corrected chi connectivity index (χ0v) is 18.0. The van der Waals surface area contributed by atoms with Crippen LogP contribution >= 0.6 is 0 Å². The first-order valence-corrected chi connectivity index (χ1v) is 10.7. The molecule has 0 fully saturated rings. The highest BCUT2D eigenvalue weighted by Gasteiger charge is 2.21. The van der Waals surface area contributed by atoms with Gasteiger partial charge in [0, 0.05) is 28.7 Å². The largest absolute Gasteiger partial charge is 0.341 e. The topological polar surface area (TPSA) is 64.0 Å². The molecule has 0 radical (unpaired) electrons. The van der Waals surface area contributed by atoms with E-state index < -0.39 is 0 Å². The molecule has 160 valence electrons. The van der Waals surface area contributed by atoms with Gasteiger partial charge in [0.15, 0.2) is 5.43 Å². The van der Waals surface area contributed by atoms with Gasteiger partial charge in [-0.15, -0.1) is 0 Å². The lowest BCUT2D eigenvalue weighted by atomic mass is 10.0. The number of para-hydroxylation sites is 2. The summed E-state index contributed by atoms with van der Waals surface area (Å²) >= 11 is 0. The molecule has 0 spiro atoms. The van der Waals surface area contributed by atoms with Crippen LogP contribution < -0.4 is 10.7 Å². The summed E-state index contributed by atoms with van der Waals surface area (Å²) in [6.07, 6.45) is 0. The first kappa shape index (κ1) is 20.4. The fourth-order valence-corrected chi connectivity index (χ4v) is 3.97. The molecule has 0 saturated heterocycles. The SMILES string of the molecule is Cc1cc2c(c(C(=O)c3ccccc3)n1)c(=O)cc(Nc1ccccc1)n2-c1ccccc1. The molecule has 2 aromatic heterocycles.